The third-order valence-electron chi connectivity index (χ3n) is 4.10. The van der Waals surface area contributed by atoms with Crippen LogP contribution in [-0.2, 0) is 22.4 Å². The first-order valence-electron chi connectivity index (χ1n) is 7.15. The minimum atomic E-state index is -0.492. The first-order valence-corrected chi connectivity index (χ1v) is 7.15. The minimum absolute atomic E-state index is 0.167. The number of ether oxygens (including phenoxy) is 1. The minimum Gasteiger partial charge on any atom is -0.468 e. The van der Waals surface area contributed by atoms with Gasteiger partial charge >= 0.3 is 5.97 Å². The molecule has 1 N–H and O–H groups in total. The molecule has 1 aromatic heterocycles. The number of esters is 1. The summed E-state index contributed by atoms with van der Waals surface area (Å²) in [6.07, 6.45) is 2.62. The Morgan fingerprint density at radius 1 is 1.43 bits per heavy atom. The van der Waals surface area contributed by atoms with Crippen molar-refractivity contribution in [3.8, 4) is 0 Å². The fourth-order valence-electron chi connectivity index (χ4n) is 2.63. The van der Waals surface area contributed by atoms with Crippen LogP contribution in [-0.4, -0.2) is 30.7 Å². The molecule has 1 aromatic rings. The van der Waals surface area contributed by atoms with Crippen LogP contribution in [0.1, 0.15) is 49.0 Å². The third kappa shape index (κ3) is 3.43. The molecular formula is C15H22N2O4. The van der Waals surface area contributed by atoms with E-state index < -0.39 is 5.97 Å². The SMILES string of the molecule is COC(=O)CNC(=O)c1noc2c1C[C@H](C(C)(C)C)CC2. The molecule has 0 radical (unpaired) electrons. The molecule has 1 aliphatic carbocycles. The van der Waals surface area contributed by atoms with Crippen LogP contribution in [0.25, 0.3) is 0 Å². The Labute approximate surface area is 124 Å². The molecule has 0 bridgehead atoms. The highest BCUT2D eigenvalue weighted by Gasteiger charge is 2.34. The van der Waals surface area contributed by atoms with Gasteiger partial charge in [-0.1, -0.05) is 25.9 Å². The highest BCUT2D eigenvalue weighted by atomic mass is 16.5. The lowest BCUT2D eigenvalue weighted by Gasteiger charge is -2.33. The molecule has 0 fully saturated rings. The van der Waals surface area contributed by atoms with Gasteiger partial charge in [0.2, 0.25) is 0 Å². The van der Waals surface area contributed by atoms with Crippen molar-refractivity contribution in [1.29, 1.82) is 0 Å². The number of methoxy groups -OCH3 is 1. The molecule has 1 atom stereocenters. The second-order valence-corrected chi connectivity index (χ2v) is 6.50. The van der Waals surface area contributed by atoms with E-state index in [2.05, 4.69) is 36.0 Å². The van der Waals surface area contributed by atoms with Gasteiger partial charge in [-0.15, -0.1) is 0 Å². The van der Waals surface area contributed by atoms with E-state index in [0.29, 0.717) is 11.6 Å². The second-order valence-electron chi connectivity index (χ2n) is 6.50. The Morgan fingerprint density at radius 3 is 2.76 bits per heavy atom. The van der Waals surface area contributed by atoms with Crippen molar-refractivity contribution in [2.45, 2.75) is 40.0 Å². The number of hydrogen-bond acceptors (Lipinski definition) is 5. The molecule has 0 unspecified atom stereocenters. The Balaban J connectivity index is 2.12. The van der Waals surface area contributed by atoms with Gasteiger partial charge in [0.1, 0.15) is 12.3 Å². The Hall–Kier alpha value is -1.85. The topological polar surface area (TPSA) is 81.4 Å². The predicted molar refractivity (Wildman–Crippen MR) is 75.8 cm³/mol. The average molecular weight is 294 g/mol. The summed E-state index contributed by atoms with van der Waals surface area (Å²) in [4.78, 5) is 23.2. The lowest BCUT2D eigenvalue weighted by molar-refractivity contribution is -0.139. The lowest BCUT2D eigenvalue weighted by atomic mass is 9.71. The first kappa shape index (κ1) is 15.5. The van der Waals surface area contributed by atoms with Gasteiger partial charge in [-0.3, -0.25) is 9.59 Å². The van der Waals surface area contributed by atoms with Crippen molar-refractivity contribution in [3.63, 3.8) is 0 Å². The molecule has 1 aliphatic rings. The number of carbonyl (C=O) groups excluding carboxylic acids is 2. The van der Waals surface area contributed by atoms with Gasteiger partial charge < -0.3 is 14.6 Å². The molecule has 6 nitrogen and oxygen atoms in total. The second kappa shape index (κ2) is 5.87. The molecule has 1 heterocycles. The highest BCUT2D eigenvalue weighted by Crippen LogP contribution is 2.38. The van der Waals surface area contributed by atoms with E-state index in [4.69, 9.17) is 4.52 Å². The number of aromatic nitrogens is 1. The van der Waals surface area contributed by atoms with E-state index in [1.807, 2.05) is 0 Å². The normalized spacial score (nSPS) is 18.0. The fourth-order valence-corrected chi connectivity index (χ4v) is 2.63. The van der Waals surface area contributed by atoms with Crippen molar-refractivity contribution >= 4 is 11.9 Å². The van der Waals surface area contributed by atoms with Crippen LogP contribution >= 0.6 is 0 Å². The molecule has 0 saturated carbocycles. The van der Waals surface area contributed by atoms with E-state index in [-0.39, 0.29) is 17.9 Å². The molecule has 0 saturated heterocycles. The first-order chi connectivity index (χ1) is 9.82. The van der Waals surface area contributed by atoms with Gasteiger partial charge in [0.25, 0.3) is 5.91 Å². The average Bonchev–Trinajstić information content (AvgIpc) is 2.86. The molecular weight excluding hydrogens is 272 g/mol. The van der Waals surface area contributed by atoms with Crippen LogP contribution in [0.2, 0.25) is 0 Å². The maximum Gasteiger partial charge on any atom is 0.325 e. The Morgan fingerprint density at radius 2 is 2.14 bits per heavy atom. The van der Waals surface area contributed by atoms with Gasteiger partial charge in [-0.25, -0.2) is 0 Å². The largest absolute Gasteiger partial charge is 0.468 e. The number of carbonyl (C=O) groups is 2. The summed E-state index contributed by atoms with van der Waals surface area (Å²) in [5.41, 5.74) is 1.35. The van der Waals surface area contributed by atoms with Crippen LogP contribution < -0.4 is 5.32 Å². The summed E-state index contributed by atoms with van der Waals surface area (Å²) >= 11 is 0. The molecule has 6 heteroatoms. The number of fused-ring (bicyclic) bond motifs is 1. The molecule has 0 spiro atoms. The van der Waals surface area contributed by atoms with Crippen LogP contribution in [0.4, 0.5) is 0 Å². The van der Waals surface area contributed by atoms with E-state index in [9.17, 15) is 9.59 Å². The van der Waals surface area contributed by atoms with E-state index in [0.717, 1.165) is 30.6 Å². The zero-order chi connectivity index (χ0) is 15.6. The molecule has 1 amide bonds. The van der Waals surface area contributed by atoms with Crippen LogP contribution in [0, 0.1) is 11.3 Å². The number of nitrogens with zero attached hydrogens (tertiary/aromatic N) is 1. The molecule has 2 rings (SSSR count). The van der Waals surface area contributed by atoms with Gasteiger partial charge in [-0.05, 0) is 24.2 Å². The van der Waals surface area contributed by atoms with Gasteiger partial charge in [-0.2, -0.15) is 0 Å². The number of aryl methyl sites for hydroxylation is 1. The van der Waals surface area contributed by atoms with Crippen molar-refractivity contribution in [3.05, 3.63) is 17.0 Å². The van der Waals surface area contributed by atoms with Crippen molar-refractivity contribution < 1.29 is 18.8 Å². The standard InChI is InChI=1S/C15H22N2O4/c1-15(2,3)9-5-6-11-10(7-9)13(17-21-11)14(19)16-8-12(18)20-4/h9H,5-8H2,1-4H3,(H,16,19)/t9-/m1/s1. The van der Waals surface area contributed by atoms with E-state index >= 15 is 0 Å². The number of amides is 1. The molecule has 0 aromatic carbocycles. The number of hydrogen-bond donors (Lipinski definition) is 1. The van der Waals surface area contributed by atoms with E-state index in [1.165, 1.54) is 7.11 Å². The third-order valence-corrected chi connectivity index (χ3v) is 4.10. The highest BCUT2D eigenvalue weighted by molar-refractivity contribution is 5.95. The molecule has 21 heavy (non-hydrogen) atoms. The predicted octanol–water partition coefficient (Wildman–Crippen LogP) is 1.73. The summed E-state index contributed by atoms with van der Waals surface area (Å²) in [6.45, 7) is 6.44. The zero-order valence-corrected chi connectivity index (χ0v) is 13.0. The molecule has 0 aliphatic heterocycles. The lowest BCUT2D eigenvalue weighted by Crippen LogP contribution is -2.32. The van der Waals surface area contributed by atoms with Gasteiger partial charge in [0, 0.05) is 12.0 Å². The fraction of sp³-hybridized carbons (Fsp3) is 0.667. The van der Waals surface area contributed by atoms with Crippen molar-refractivity contribution in [2.24, 2.45) is 11.3 Å². The zero-order valence-electron chi connectivity index (χ0n) is 13.0. The summed E-state index contributed by atoms with van der Waals surface area (Å²) in [5.74, 6) is 0.392. The maximum absolute atomic E-state index is 12.1. The summed E-state index contributed by atoms with van der Waals surface area (Å²) in [6, 6.07) is 0. The van der Waals surface area contributed by atoms with Crippen molar-refractivity contribution in [2.75, 3.05) is 13.7 Å². The van der Waals surface area contributed by atoms with E-state index in [1.54, 1.807) is 0 Å². The Bertz CT molecular complexity index is 542. The monoisotopic (exact) mass is 294 g/mol. The van der Waals surface area contributed by atoms with Gasteiger partial charge in [0.15, 0.2) is 5.69 Å². The van der Waals surface area contributed by atoms with Crippen LogP contribution in [0.3, 0.4) is 0 Å². The van der Waals surface area contributed by atoms with Crippen LogP contribution in [0.15, 0.2) is 4.52 Å². The summed E-state index contributed by atoms with van der Waals surface area (Å²) in [5, 5.41) is 6.38. The smallest absolute Gasteiger partial charge is 0.325 e. The van der Waals surface area contributed by atoms with Crippen molar-refractivity contribution in [1.82, 2.24) is 10.5 Å². The molecule has 116 valence electrons. The summed E-state index contributed by atoms with van der Waals surface area (Å²) in [7, 11) is 1.28. The number of nitrogens with one attached hydrogen (secondary N) is 1. The quantitative estimate of drug-likeness (QED) is 0.859. The summed E-state index contributed by atoms with van der Waals surface area (Å²) < 4.78 is 9.77. The van der Waals surface area contributed by atoms with Gasteiger partial charge in [0.05, 0.1) is 7.11 Å². The Kier molecular flexibility index (Phi) is 4.34. The van der Waals surface area contributed by atoms with Crippen LogP contribution in [0.5, 0.6) is 0 Å². The number of rotatable bonds is 3. The maximum atomic E-state index is 12.1.